The molecule has 0 amide bonds. The monoisotopic (exact) mass is 650 g/mol. The van der Waals surface area contributed by atoms with Crippen LogP contribution in [0.3, 0.4) is 0 Å². The van der Waals surface area contributed by atoms with Crippen molar-refractivity contribution in [1.82, 2.24) is 0 Å². The molecule has 0 aliphatic rings. The fourth-order valence-electron chi connectivity index (χ4n) is 5.69. The Bertz CT molecular complexity index is 338. The van der Waals surface area contributed by atoms with E-state index in [4.69, 9.17) is 0 Å². The predicted octanol–water partition coefficient (Wildman–Crippen LogP) is 14.2. The van der Waals surface area contributed by atoms with E-state index in [1.165, 1.54) is 216 Å². The summed E-state index contributed by atoms with van der Waals surface area (Å²) in [5.41, 5.74) is 0. The van der Waals surface area contributed by atoms with Crippen LogP contribution in [0.15, 0.2) is 0 Å². The minimum Gasteiger partial charge on any atom is -0.179 e. The largest absolute Gasteiger partial charge is 0.179 e. The smallest absolute Gasteiger partial charge is 0.000473 e. The van der Waals surface area contributed by atoms with Gasteiger partial charge in [-0.05, 0) is 23.0 Å². The van der Waals surface area contributed by atoms with Crippen LogP contribution >= 0.6 is 35.2 Å². The molecule has 0 aliphatic carbocycles. The predicted molar refractivity (Wildman–Crippen MR) is 185 cm³/mol. The fraction of sp³-hybridized carbons (Fsp3) is 1.00. The lowest BCUT2D eigenvalue weighted by molar-refractivity contribution is 0.512. The van der Waals surface area contributed by atoms with Crippen LogP contribution in [0.1, 0.15) is 212 Å². The quantitative estimate of drug-likeness (QED) is 0.0305. The first-order valence-electron chi connectivity index (χ1n) is 17.6. The zero-order valence-electron chi connectivity index (χ0n) is 25.6. The van der Waals surface area contributed by atoms with E-state index in [9.17, 15) is 0 Å². The second kappa shape index (κ2) is 37.1. The molecule has 0 fully saturated rings. The lowest BCUT2D eigenvalue weighted by atomic mass is 10.0. The lowest BCUT2D eigenvalue weighted by Gasteiger charge is -2.05. The normalized spacial score (nSPS) is 11.5. The van der Waals surface area contributed by atoms with Crippen molar-refractivity contribution in [2.45, 2.75) is 212 Å². The van der Waals surface area contributed by atoms with Crippen molar-refractivity contribution in [2.75, 3.05) is 10.2 Å². The van der Waals surface area contributed by atoms with Crippen LogP contribution in [0.4, 0.5) is 0 Å². The van der Waals surface area contributed by atoms with Crippen LogP contribution in [0.2, 0.25) is 0 Å². The Hall–Kier alpha value is 1.08. The van der Waals surface area contributed by atoms with Crippen molar-refractivity contribution >= 4 is 35.2 Å². The van der Waals surface area contributed by atoms with Crippen LogP contribution < -0.4 is 0 Å². The highest BCUT2D eigenvalue weighted by molar-refractivity contribution is 14.1. The number of unbranched alkanes of at least 4 members (excludes halogenated alkanes) is 32. The lowest BCUT2D eigenvalue weighted by Crippen LogP contribution is -1.85. The Balaban J connectivity index is 3.00. The van der Waals surface area contributed by atoms with Gasteiger partial charge >= 0.3 is 0 Å². The molecule has 224 valence electrons. The zero-order chi connectivity index (χ0) is 26.7. The van der Waals surface area contributed by atoms with E-state index in [0.717, 1.165) is 5.75 Å². The van der Waals surface area contributed by atoms with E-state index in [-0.39, 0.29) is 0 Å². The van der Waals surface area contributed by atoms with Gasteiger partial charge in [-0.15, -0.1) is 0 Å². The summed E-state index contributed by atoms with van der Waals surface area (Å²) in [6.07, 6.45) is 48.6. The summed E-state index contributed by atoms with van der Waals surface area (Å²) in [5, 5.41) is 0. The number of hydrogen-bond acceptors (Lipinski definition) is 1. The summed E-state index contributed by atoms with van der Waals surface area (Å²) < 4.78 is 1.34. The van der Waals surface area contributed by atoms with Gasteiger partial charge in [-0.3, -0.25) is 0 Å². The number of rotatable bonds is 34. The van der Waals surface area contributed by atoms with Crippen molar-refractivity contribution in [3.05, 3.63) is 0 Å². The Morgan fingerprint density at radius 1 is 0.216 bits per heavy atom. The molecule has 0 unspecified atom stereocenters. The van der Waals surface area contributed by atoms with Gasteiger partial charge in [0.05, 0.1) is 0 Å². The van der Waals surface area contributed by atoms with Gasteiger partial charge in [0.25, 0.3) is 0 Å². The van der Waals surface area contributed by atoms with E-state index in [1.54, 1.807) is 0 Å². The van der Waals surface area contributed by atoms with Crippen molar-refractivity contribution in [3.8, 4) is 0 Å². The van der Waals surface area contributed by atoms with Gasteiger partial charge in [0, 0.05) is 0 Å². The third-order valence-electron chi connectivity index (χ3n) is 8.29. The van der Waals surface area contributed by atoms with Gasteiger partial charge in [-0.1, -0.05) is 222 Å². The number of halogens is 1. The number of alkyl halides is 1. The van der Waals surface area contributed by atoms with E-state index in [2.05, 4.69) is 35.2 Å². The molecule has 0 heterocycles. The minimum absolute atomic E-state index is 1.07. The molecule has 0 atom stereocenters. The van der Waals surface area contributed by atoms with E-state index >= 15 is 0 Å². The summed E-state index contributed by atoms with van der Waals surface area (Å²) in [7, 11) is 0. The summed E-state index contributed by atoms with van der Waals surface area (Å²) in [5.74, 6) is 1.07. The summed E-state index contributed by atoms with van der Waals surface area (Å²) in [6.45, 7) is 0. The third-order valence-corrected chi connectivity index (χ3v) is 9.37. The van der Waals surface area contributed by atoms with Crippen molar-refractivity contribution in [2.24, 2.45) is 0 Å². The fourth-order valence-corrected chi connectivity index (χ4v) is 6.45. The minimum atomic E-state index is 1.07. The first kappa shape index (κ1) is 38.1. The second-order valence-corrected chi connectivity index (χ2v) is 13.6. The number of thiol groups is 1. The molecule has 37 heavy (non-hydrogen) atoms. The Morgan fingerprint density at radius 3 is 0.486 bits per heavy atom. The highest BCUT2D eigenvalue weighted by atomic mass is 127. The Morgan fingerprint density at radius 2 is 0.351 bits per heavy atom. The molecule has 0 aromatic heterocycles. The molecule has 0 spiro atoms. The maximum atomic E-state index is 4.29. The molecule has 0 rings (SSSR count). The molecule has 0 saturated carbocycles. The summed E-state index contributed by atoms with van der Waals surface area (Å²) in [4.78, 5) is 0. The van der Waals surface area contributed by atoms with Crippen LogP contribution in [-0.2, 0) is 0 Å². The highest BCUT2D eigenvalue weighted by Gasteiger charge is 1.97. The molecular formula is C35H71IS. The molecule has 2 heteroatoms. The standard InChI is InChI=1S/C35H71IS/c36-34-32-30-28-26-24-22-20-18-16-14-12-10-8-6-4-2-1-3-5-7-9-11-13-15-17-19-21-23-25-27-29-31-33-35-37/h37H,1-35H2. The van der Waals surface area contributed by atoms with Gasteiger partial charge < -0.3 is 0 Å². The molecular weight excluding hydrogens is 579 g/mol. The Kier molecular flexibility index (Phi) is 38.2. The summed E-state index contributed by atoms with van der Waals surface area (Å²) >= 11 is 6.79. The first-order valence-corrected chi connectivity index (χ1v) is 19.7. The number of hydrogen-bond donors (Lipinski definition) is 1. The van der Waals surface area contributed by atoms with Gasteiger partial charge in [0.1, 0.15) is 0 Å². The maximum absolute atomic E-state index is 4.29. The molecule has 0 N–H and O–H groups in total. The molecule has 0 aromatic carbocycles. The van der Waals surface area contributed by atoms with Crippen LogP contribution in [-0.4, -0.2) is 10.2 Å². The SMILES string of the molecule is SCCCCCCCCCCCCCCCCCCCCCCCCCCCCCCCCCCCI. The van der Waals surface area contributed by atoms with E-state index in [0.29, 0.717) is 0 Å². The Labute approximate surface area is 256 Å². The third kappa shape index (κ3) is 37.1. The molecule has 0 aromatic rings. The van der Waals surface area contributed by atoms with Crippen LogP contribution in [0.25, 0.3) is 0 Å². The maximum Gasteiger partial charge on any atom is -0.000473 e. The average Bonchev–Trinajstić information content (AvgIpc) is 2.91. The van der Waals surface area contributed by atoms with E-state index in [1.807, 2.05) is 0 Å². The second-order valence-electron chi connectivity index (χ2n) is 12.1. The van der Waals surface area contributed by atoms with Crippen molar-refractivity contribution in [1.29, 1.82) is 0 Å². The molecule has 0 saturated heterocycles. The highest BCUT2D eigenvalue weighted by Crippen LogP contribution is 2.17. The van der Waals surface area contributed by atoms with E-state index < -0.39 is 0 Å². The van der Waals surface area contributed by atoms with Crippen molar-refractivity contribution in [3.63, 3.8) is 0 Å². The van der Waals surface area contributed by atoms with Gasteiger partial charge in [0.2, 0.25) is 0 Å². The van der Waals surface area contributed by atoms with Gasteiger partial charge in [-0.2, -0.15) is 12.6 Å². The molecule has 0 nitrogen and oxygen atoms in total. The van der Waals surface area contributed by atoms with Gasteiger partial charge in [0.15, 0.2) is 0 Å². The van der Waals surface area contributed by atoms with Crippen LogP contribution in [0.5, 0.6) is 0 Å². The zero-order valence-corrected chi connectivity index (χ0v) is 28.6. The molecule has 0 aliphatic heterocycles. The molecule has 0 radical (unpaired) electrons. The average molecular weight is 651 g/mol. The van der Waals surface area contributed by atoms with Crippen LogP contribution in [0, 0.1) is 0 Å². The molecule has 0 bridgehead atoms. The van der Waals surface area contributed by atoms with Crippen molar-refractivity contribution < 1.29 is 0 Å². The topological polar surface area (TPSA) is 0 Å². The van der Waals surface area contributed by atoms with Gasteiger partial charge in [-0.25, -0.2) is 0 Å². The first-order chi connectivity index (χ1) is 18.4. The summed E-state index contributed by atoms with van der Waals surface area (Å²) in [6, 6.07) is 0.